The third-order valence-corrected chi connectivity index (χ3v) is 3.58. The van der Waals surface area contributed by atoms with Crippen molar-refractivity contribution in [1.82, 2.24) is 5.32 Å². The monoisotopic (exact) mass is 260 g/mol. The normalized spacial score (nSPS) is 18.8. The highest BCUT2D eigenvalue weighted by Gasteiger charge is 2.38. The number of hydrogen-bond acceptors (Lipinski definition) is 2. The Bertz CT molecular complexity index is 491. The van der Waals surface area contributed by atoms with Crippen molar-refractivity contribution in [2.75, 3.05) is 18.0 Å². The van der Waals surface area contributed by atoms with Crippen molar-refractivity contribution in [2.45, 2.75) is 27.2 Å². The van der Waals surface area contributed by atoms with Crippen molar-refractivity contribution < 1.29 is 9.59 Å². The second-order valence-electron chi connectivity index (χ2n) is 4.97. The number of anilines is 1. The van der Waals surface area contributed by atoms with Crippen LogP contribution in [0.15, 0.2) is 18.2 Å². The van der Waals surface area contributed by atoms with E-state index in [4.69, 9.17) is 0 Å². The van der Waals surface area contributed by atoms with Crippen LogP contribution in [0.25, 0.3) is 0 Å². The van der Waals surface area contributed by atoms with Crippen molar-refractivity contribution in [3.8, 4) is 0 Å². The number of rotatable bonds is 3. The van der Waals surface area contributed by atoms with Crippen LogP contribution in [0.4, 0.5) is 5.69 Å². The minimum Gasteiger partial charge on any atom is -0.356 e. The molecule has 1 aromatic rings. The molecule has 0 aromatic heterocycles. The van der Waals surface area contributed by atoms with Crippen molar-refractivity contribution in [3.63, 3.8) is 0 Å². The largest absolute Gasteiger partial charge is 0.356 e. The summed E-state index contributed by atoms with van der Waals surface area (Å²) in [4.78, 5) is 26.0. The molecule has 2 amide bonds. The second-order valence-corrected chi connectivity index (χ2v) is 4.97. The van der Waals surface area contributed by atoms with Crippen LogP contribution in [0.5, 0.6) is 0 Å². The van der Waals surface area contributed by atoms with Gasteiger partial charge in [0, 0.05) is 18.8 Å². The number of para-hydroxylation sites is 1. The average molecular weight is 260 g/mol. The van der Waals surface area contributed by atoms with E-state index in [2.05, 4.69) is 5.32 Å². The minimum absolute atomic E-state index is 0.0802. The Hall–Kier alpha value is -1.84. The highest BCUT2D eigenvalue weighted by molar-refractivity contribution is 6.10. The molecule has 0 radical (unpaired) electrons. The molecule has 0 aliphatic carbocycles. The molecule has 1 fully saturated rings. The molecule has 0 saturated carbocycles. The molecule has 1 aromatic carbocycles. The molecule has 2 rings (SSSR count). The van der Waals surface area contributed by atoms with Gasteiger partial charge in [0.1, 0.15) is 5.92 Å². The van der Waals surface area contributed by atoms with Gasteiger partial charge in [-0.1, -0.05) is 18.2 Å². The first kappa shape index (κ1) is 13.6. The number of aryl methyl sites for hydroxylation is 2. The molecule has 1 atom stereocenters. The Balaban J connectivity index is 2.25. The lowest BCUT2D eigenvalue weighted by Crippen LogP contribution is -2.37. The molecule has 19 heavy (non-hydrogen) atoms. The lowest BCUT2D eigenvalue weighted by Gasteiger charge is -2.21. The van der Waals surface area contributed by atoms with E-state index >= 15 is 0 Å². The molecule has 0 bridgehead atoms. The Morgan fingerprint density at radius 3 is 2.58 bits per heavy atom. The van der Waals surface area contributed by atoms with Gasteiger partial charge < -0.3 is 10.2 Å². The Morgan fingerprint density at radius 1 is 1.37 bits per heavy atom. The molecule has 0 spiro atoms. The quantitative estimate of drug-likeness (QED) is 0.842. The minimum atomic E-state index is -0.529. The lowest BCUT2D eigenvalue weighted by molar-refractivity contribution is -0.132. The molecular formula is C15H20N2O2. The van der Waals surface area contributed by atoms with Crippen LogP contribution in [-0.4, -0.2) is 24.9 Å². The molecule has 1 heterocycles. The van der Waals surface area contributed by atoms with Crippen LogP contribution in [0, 0.1) is 19.8 Å². The van der Waals surface area contributed by atoms with E-state index in [1.165, 1.54) is 0 Å². The molecule has 1 aliphatic heterocycles. The molecule has 4 nitrogen and oxygen atoms in total. The SMILES string of the molecule is CCNC(=O)C1CCN(c2c(C)cccc2C)C1=O. The highest BCUT2D eigenvalue weighted by Crippen LogP contribution is 2.30. The van der Waals surface area contributed by atoms with E-state index in [1.54, 1.807) is 4.90 Å². The standard InChI is InChI=1S/C15H20N2O2/c1-4-16-14(18)12-8-9-17(15(12)19)13-10(2)6-5-7-11(13)3/h5-7,12H,4,8-9H2,1-3H3,(H,16,18). The maximum Gasteiger partial charge on any atom is 0.239 e. The average Bonchev–Trinajstić information content (AvgIpc) is 2.72. The maximum atomic E-state index is 12.4. The summed E-state index contributed by atoms with van der Waals surface area (Å²) in [6, 6.07) is 5.97. The highest BCUT2D eigenvalue weighted by atomic mass is 16.2. The van der Waals surface area contributed by atoms with E-state index in [1.807, 2.05) is 39.0 Å². The number of benzene rings is 1. The van der Waals surface area contributed by atoms with Gasteiger partial charge in [-0.05, 0) is 38.3 Å². The van der Waals surface area contributed by atoms with Gasteiger partial charge >= 0.3 is 0 Å². The van der Waals surface area contributed by atoms with Gasteiger partial charge in [-0.2, -0.15) is 0 Å². The fourth-order valence-corrected chi connectivity index (χ4v) is 2.67. The van der Waals surface area contributed by atoms with E-state index in [9.17, 15) is 9.59 Å². The van der Waals surface area contributed by atoms with Gasteiger partial charge in [0.25, 0.3) is 0 Å². The summed E-state index contributed by atoms with van der Waals surface area (Å²) in [5.41, 5.74) is 3.11. The topological polar surface area (TPSA) is 49.4 Å². The summed E-state index contributed by atoms with van der Waals surface area (Å²) >= 11 is 0. The Morgan fingerprint density at radius 2 is 2.00 bits per heavy atom. The van der Waals surface area contributed by atoms with E-state index in [-0.39, 0.29) is 11.8 Å². The second kappa shape index (κ2) is 5.43. The summed E-state index contributed by atoms with van der Waals surface area (Å²) in [6.07, 6.45) is 0.596. The van der Waals surface area contributed by atoms with Crippen molar-refractivity contribution in [1.29, 1.82) is 0 Å². The van der Waals surface area contributed by atoms with Crippen molar-refractivity contribution in [2.24, 2.45) is 5.92 Å². The molecule has 4 heteroatoms. The first-order valence-electron chi connectivity index (χ1n) is 6.71. The van der Waals surface area contributed by atoms with Gasteiger partial charge in [-0.3, -0.25) is 9.59 Å². The number of hydrogen-bond donors (Lipinski definition) is 1. The zero-order valence-electron chi connectivity index (χ0n) is 11.7. The first-order chi connectivity index (χ1) is 9.06. The lowest BCUT2D eigenvalue weighted by atomic mass is 10.1. The van der Waals surface area contributed by atoms with E-state index in [0.717, 1.165) is 16.8 Å². The molecule has 1 saturated heterocycles. The molecule has 1 unspecified atom stereocenters. The smallest absolute Gasteiger partial charge is 0.239 e. The predicted molar refractivity (Wildman–Crippen MR) is 75.1 cm³/mol. The Labute approximate surface area is 113 Å². The fourth-order valence-electron chi connectivity index (χ4n) is 2.67. The molecule has 1 aliphatic rings. The van der Waals surface area contributed by atoms with Crippen molar-refractivity contribution in [3.05, 3.63) is 29.3 Å². The third-order valence-electron chi connectivity index (χ3n) is 3.58. The summed E-state index contributed by atoms with van der Waals surface area (Å²) < 4.78 is 0. The van der Waals surface area contributed by atoms with Crippen LogP contribution in [0.1, 0.15) is 24.5 Å². The zero-order chi connectivity index (χ0) is 14.0. The fraction of sp³-hybridized carbons (Fsp3) is 0.467. The number of carbonyl (C=O) groups is 2. The number of nitrogens with one attached hydrogen (secondary N) is 1. The molecular weight excluding hydrogens is 240 g/mol. The van der Waals surface area contributed by atoms with Gasteiger partial charge in [0.15, 0.2) is 0 Å². The van der Waals surface area contributed by atoms with E-state index < -0.39 is 5.92 Å². The van der Waals surface area contributed by atoms with Gasteiger partial charge in [-0.15, -0.1) is 0 Å². The van der Waals surface area contributed by atoms with Crippen LogP contribution in [-0.2, 0) is 9.59 Å². The van der Waals surface area contributed by atoms with Crippen LogP contribution >= 0.6 is 0 Å². The zero-order valence-corrected chi connectivity index (χ0v) is 11.7. The number of nitrogens with zero attached hydrogens (tertiary/aromatic N) is 1. The Kier molecular flexibility index (Phi) is 3.88. The summed E-state index contributed by atoms with van der Waals surface area (Å²) in [5, 5.41) is 2.73. The van der Waals surface area contributed by atoms with Crippen LogP contribution in [0.3, 0.4) is 0 Å². The number of amides is 2. The molecule has 102 valence electrons. The van der Waals surface area contributed by atoms with E-state index in [0.29, 0.717) is 19.5 Å². The summed E-state index contributed by atoms with van der Waals surface area (Å²) in [5.74, 6) is -0.761. The van der Waals surface area contributed by atoms with Gasteiger partial charge in [0.2, 0.25) is 11.8 Å². The first-order valence-corrected chi connectivity index (χ1v) is 6.71. The van der Waals surface area contributed by atoms with Crippen LogP contribution < -0.4 is 10.2 Å². The van der Waals surface area contributed by atoms with Crippen LogP contribution in [0.2, 0.25) is 0 Å². The van der Waals surface area contributed by atoms with Gasteiger partial charge in [0.05, 0.1) is 0 Å². The number of carbonyl (C=O) groups excluding carboxylic acids is 2. The summed E-state index contributed by atoms with van der Waals surface area (Å²) in [7, 11) is 0. The predicted octanol–water partition coefficient (Wildman–Crippen LogP) is 1.79. The third kappa shape index (κ3) is 2.48. The summed E-state index contributed by atoms with van der Waals surface area (Å²) in [6.45, 7) is 7.03. The van der Waals surface area contributed by atoms with Gasteiger partial charge in [-0.25, -0.2) is 0 Å². The molecule has 1 N–H and O–H groups in total. The van der Waals surface area contributed by atoms with Crippen molar-refractivity contribution >= 4 is 17.5 Å². The maximum absolute atomic E-state index is 12.4.